The van der Waals surface area contributed by atoms with Crippen molar-refractivity contribution >= 4 is 0 Å². The van der Waals surface area contributed by atoms with Crippen LogP contribution in [0.4, 0.5) is 13.2 Å². The van der Waals surface area contributed by atoms with Gasteiger partial charge in [0.05, 0.1) is 6.10 Å². The van der Waals surface area contributed by atoms with E-state index >= 15 is 0 Å². The van der Waals surface area contributed by atoms with Crippen molar-refractivity contribution in [2.75, 3.05) is 0 Å². The largest absolute Gasteiger partial charge is 0.345 e. The van der Waals surface area contributed by atoms with Crippen LogP contribution < -0.4 is 0 Å². The van der Waals surface area contributed by atoms with E-state index in [2.05, 4.69) is 11.7 Å². The molecule has 4 heteroatoms. The van der Waals surface area contributed by atoms with Crippen molar-refractivity contribution in [2.45, 2.75) is 96.9 Å². The van der Waals surface area contributed by atoms with Gasteiger partial charge in [-0.2, -0.15) is 8.78 Å². The zero-order valence-corrected chi connectivity index (χ0v) is 15.8. The Morgan fingerprint density at radius 3 is 1.68 bits per heavy atom. The highest BCUT2D eigenvalue weighted by molar-refractivity contribution is 4.91. The van der Waals surface area contributed by atoms with E-state index < -0.39 is 18.9 Å². The lowest BCUT2D eigenvalue weighted by atomic mass is 9.64. The van der Waals surface area contributed by atoms with Gasteiger partial charge in [0.15, 0.2) is 0 Å². The Labute approximate surface area is 151 Å². The summed E-state index contributed by atoms with van der Waals surface area (Å²) in [6.07, 6.45) is 9.68. The summed E-state index contributed by atoms with van der Waals surface area (Å²) in [5.74, 6) is 3.53. The molecule has 0 aromatic rings. The molecule has 3 aliphatic rings. The van der Waals surface area contributed by atoms with Gasteiger partial charge in [0.1, 0.15) is 6.17 Å². The summed E-state index contributed by atoms with van der Waals surface area (Å²) in [5.41, 5.74) is 0. The average Bonchev–Trinajstić information content (AvgIpc) is 2.59. The molecule has 4 atom stereocenters. The highest BCUT2D eigenvalue weighted by Gasteiger charge is 2.42. The molecule has 0 aromatic carbocycles. The van der Waals surface area contributed by atoms with Gasteiger partial charge in [0.2, 0.25) is 0 Å². The zero-order chi connectivity index (χ0) is 18.0. The van der Waals surface area contributed by atoms with Gasteiger partial charge >= 0.3 is 6.61 Å². The number of hydrogen-bond donors (Lipinski definition) is 0. The standard InChI is InChI=1S/C21H35F3O/c1-13-3-5-15(6-4-13)16-7-9-17(10-8-16)18-11-14(2)20(19(22)12-18)25-21(23)24/h13-21H,3-12H2,1-2H3. The van der Waals surface area contributed by atoms with Crippen molar-refractivity contribution in [3.8, 4) is 0 Å². The molecule has 0 aromatic heterocycles. The molecule has 3 saturated carbocycles. The van der Waals surface area contributed by atoms with Gasteiger partial charge in [-0.1, -0.05) is 26.7 Å². The molecular formula is C21H35F3O. The first kappa shape index (κ1) is 19.5. The minimum absolute atomic E-state index is 0.111. The van der Waals surface area contributed by atoms with Crippen LogP contribution in [-0.4, -0.2) is 18.9 Å². The Bertz CT molecular complexity index is 388. The van der Waals surface area contributed by atoms with Crippen molar-refractivity contribution in [1.82, 2.24) is 0 Å². The summed E-state index contributed by atoms with van der Waals surface area (Å²) < 4.78 is 43.9. The summed E-state index contributed by atoms with van der Waals surface area (Å²) in [7, 11) is 0. The number of alkyl halides is 3. The van der Waals surface area contributed by atoms with E-state index in [1.165, 1.54) is 51.4 Å². The molecule has 0 amide bonds. The van der Waals surface area contributed by atoms with Crippen molar-refractivity contribution < 1.29 is 17.9 Å². The van der Waals surface area contributed by atoms with Crippen LogP contribution in [0.25, 0.3) is 0 Å². The predicted molar refractivity (Wildman–Crippen MR) is 94.2 cm³/mol. The maximum Gasteiger partial charge on any atom is 0.345 e. The van der Waals surface area contributed by atoms with Gasteiger partial charge in [-0.15, -0.1) is 0 Å². The Hall–Kier alpha value is -0.250. The van der Waals surface area contributed by atoms with E-state index in [-0.39, 0.29) is 5.92 Å². The Morgan fingerprint density at radius 1 is 0.720 bits per heavy atom. The molecule has 4 unspecified atom stereocenters. The molecule has 0 aliphatic heterocycles. The smallest absolute Gasteiger partial charge is 0.316 e. The minimum atomic E-state index is -2.86. The molecular weight excluding hydrogens is 325 g/mol. The van der Waals surface area contributed by atoms with Crippen molar-refractivity contribution in [1.29, 1.82) is 0 Å². The second-order valence-corrected chi connectivity index (χ2v) is 9.28. The summed E-state index contributed by atoms with van der Waals surface area (Å²) in [4.78, 5) is 0. The lowest BCUT2D eigenvalue weighted by Crippen LogP contribution is -2.42. The Morgan fingerprint density at radius 2 is 1.20 bits per heavy atom. The van der Waals surface area contributed by atoms with E-state index in [9.17, 15) is 13.2 Å². The molecule has 0 radical (unpaired) electrons. The third-order valence-electron chi connectivity index (χ3n) is 7.59. The van der Waals surface area contributed by atoms with E-state index in [1.807, 2.05) is 6.92 Å². The highest BCUT2D eigenvalue weighted by atomic mass is 19.3. The number of ether oxygens (including phenoxy) is 1. The second kappa shape index (κ2) is 8.63. The number of hydrogen-bond acceptors (Lipinski definition) is 1. The van der Waals surface area contributed by atoms with Crippen LogP contribution in [0.2, 0.25) is 0 Å². The second-order valence-electron chi connectivity index (χ2n) is 9.28. The molecule has 3 aliphatic carbocycles. The van der Waals surface area contributed by atoms with Crippen LogP contribution in [0.5, 0.6) is 0 Å². The molecule has 0 N–H and O–H groups in total. The molecule has 0 bridgehead atoms. The lowest BCUT2D eigenvalue weighted by molar-refractivity contribution is -0.204. The molecule has 25 heavy (non-hydrogen) atoms. The highest BCUT2D eigenvalue weighted by Crippen LogP contribution is 2.46. The van der Waals surface area contributed by atoms with Crippen LogP contribution in [0.15, 0.2) is 0 Å². The van der Waals surface area contributed by atoms with Gasteiger partial charge in [0.25, 0.3) is 0 Å². The maximum absolute atomic E-state index is 14.4. The quantitative estimate of drug-likeness (QED) is 0.548. The first-order valence-electron chi connectivity index (χ1n) is 10.5. The third-order valence-corrected chi connectivity index (χ3v) is 7.59. The van der Waals surface area contributed by atoms with Crippen molar-refractivity contribution in [3.63, 3.8) is 0 Å². The topological polar surface area (TPSA) is 9.23 Å². The van der Waals surface area contributed by atoms with Crippen molar-refractivity contribution in [3.05, 3.63) is 0 Å². The molecule has 146 valence electrons. The molecule has 0 heterocycles. The Balaban J connectivity index is 1.47. The van der Waals surface area contributed by atoms with Gasteiger partial charge < -0.3 is 4.74 Å². The molecule has 0 saturated heterocycles. The van der Waals surface area contributed by atoms with Crippen LogP contribution in [0, 0.1) is 35.5 Å². The first-order valence-corrected chi connectivity index (χ1v) is 10.5. The number of halogens is 3. The fourth-order valence-electron chi connectivity index (χ4n) is 6.06. The zero-order valence-electron chi connectivity index (χ0n) is 15.8. The van der Waals surface area contributed by atoms with E-state index in [0.717, 1.165) is 24.2 Å². The molecule has 3 rings (SSSR count). The Kier molecular flexibility index (Phi) is 6.73. The van der Waals surface area contributed by atoms with Gasteiger partial charge in [-0.25, -0.2) is 4.39 Å². The van der Waals surface area contributed by atoms with Crippen LogP contribution in [-0.2, 0) is 4.74 Å². The predicted octanol–water partition coefficient (Wildman–Crippen LogP) is 6.61. The SMILES string of the molecule is CC1CCC(C2CCC(C3CC(C)C(OC(F)F)C(F)C3)CC2)CC1. The van der Waals surface area contributed by atoms with Crippen LogP contribution in [0.1, 0.15) is 78.1 Å². The van der Waals surface area contributed by atoms with Gasteiger partial charge in [0, 0.05) is 0 Å². The van der Waals surface area contributed by atoms with E-state index in [4.69, 9.17) is 0 Å². The summed E-state index contributed by atoms with van der Waals surface area (Å²) in [5, 5.41) is 0. The fraction of sp³-hybridized carbons (Fsp3) is 1.00. The summed E-state index contributed by atoms with van der Waals surface area (Å²) >= 11 is 0. The average molecular weight is 361 g/mol. The fourth-order valence-corrected chi connectivity index (χ4v) is 6.06. The molecule has 1 nitrogen and oxygen atoms in total. The monoisotopic (exact) mass is 360 g/mol. The summed E-state index contributed by atoms with van der Waals surface area (Å²) in [6, 6.07) is 0. The van der Waals surface area contributed by atoms with E-state index in [0.29, 0.717) is 18.3 Å². The lowest BCUT2D eigenvalue weighted by Gasteiger charge is -2.43. The molecule has 3 fully saturated rings. The van der Waals surface area contributed by atoms with Crippen LogP contribution >= 0.6 is 0 Å². The molecule has 0 spiro atoms. The maximum atomic E-state index is 14.4. The van der Waals surface area contributed by atoms with Gasteiger partial charge in [-0.05, 0) is 86.9 Å². The third kappa shape index (κ3) is 4.93. The van der Waals surface area contributed by atoms with E-state index in [1.54, 1.807) is 0 Å². The minimum Gasteiger partial charge on any atom is -0.316 e. The first-order chi connectivity index (χ1) is 11.9. The summed E-state index contributed by atoms with van der Waals surface area (Å²) in [6.45, 7) is 1.38. The normalized spacial score (nSPS) is 46.3. The van der Waals surface area contributed by atoms with Gasteiger partial charge in [-0.3, -0.25) is 0 Å². The van der Waals surface area contributed by atoms with Crippen molar-refractivity contribution in [2.24, 2.45) is 35.5 Å². The van der Waals surface area contributed by atoms with Crippen LogP contribution in [0.3, 0.4) is 0 Å². The number of rotatable bonds is 4.